The van der Waals surface area contributed by atoms with Gasteiger partial charge in [0.2, 0.25) is 0 Å². The van der Waals surface area contributed by atoms with Crippen molar-refractivity contribution in [2.45, 2.75) is 45.9 Å². The largest absolute Gasteiger partial charge is 0.379 e. The average Bonchev–Trinajstić information content (AvgIpc) is 2.46. The van der Waals surface area contributed by atoms with E-state index < -0.39 is 0 Å². The fraction of sp³-hybridized carbons (Fsp3) is 0.647. The highest BCUT2D eigenvalue weighted by Gasteiger charge is 2.26. The first-order valence-corrected chi connectivity index (χ1v) is 8.60. The minimum Gasteiger partial charge on any atom is -0.379 e. The lowest BCUT2D eigenvalue weighted by molar-refractivity contribution is 0.0498. The minimum absolute atomic E-state index is 0.333. The van der Waals surface area contributed by atoms with Crippen LogP contribution < -0.4 is 10.2 Å². The van der Waals surface area contributed by atoms with Crippen LogP contribution in [0.1, 0.15) is 32.8 Å². The monoisotopic (exact) mass is 354 g/mol. The van der Waals surface area contributed by atoms with E-state index in [0.717, 1.165) is 19.6 Å². The SMILES string of the molecule is COC1CN(c2ccc(CNC(C)C)c(Br)c2)CCC1C. The molecule has 2 rings (SSSR count). The van der Waals surface area contributed by atoms with Crippen molar-refractivity contribution in [1.82, 2.24) is 5.32 Å². The Morgan fingerprint density at radius 2 is 2.19 bits per heavy atom. The summed E-state index contributed by atoms with van der Waals surface area (Å²) < 4.78 is 6.79. The number of hydrogen-bond acceptors (Lipinski definition) is 3. The molecule has 1 aromatic rings. The number of piperidine rings is 1. The molecule has 0 aliphatic carbocycles. The third-order valence-corrected chi connectivity index (χ3v) is 5.03. The van der Waals surface area contributed by atoms with Gasteiger partial charge in [-0.2, -0.15) is 0 Å². The van der Waals surface area contributed by atoms with Gasteiger partial charge in [-0.25, -0.2) is 0 Å². The molecule has 3 nitrogen and oxygen atoms in total. The van der Waals surface area contributed by atoms with Crippen LogP contribution in [0, 0.1) is 5.92 Å². The van der Waals surface area contributed by atoms with Crippen molar-refractivity contribution in [2.24, 2.45) is 5.92 Å². The molecule has 0 amide bonds. The summed E-state index contributed by atoms with van der Waals surface area (Å²) in [6.07, 6.45) is 1.52. The van der Waals surface area contributed by atoms with Crippen LogP contribution in [0.2, 0.25) is 0 Å². The van der Waals surface area contributed by atoms with Gasteiger partial charge in [-0.15, -0.1) is 0 Å². The number of methoxy groups -OCH3 is 1. The number of nitrogens with zero attached hydrogens (tertiary/aromatic N) is 1. The highest BCUT2D eigenvalue weighted by Crippen LogP contribution is 2.28. The number of nitrogens with one attached hydrogen (secondary N) is 1. The molecule has 0 saturated carbocycles. The Balaban J connectivity index is 2.05. The minimum atomic E-state index is 0.333. The van der Waals surface area contributed by atoms with Gasteiger partial charge in [0.05, 0.1) is 6.10 Å². The van der Waals surface area contributed by atoms with Crippen molar-refractivity contribution in [3.63, 3.8) is 0 Å². The first-order valence-electron chi connectivity index (χ1n) is 7.80. The zero-order valence-corrected chi connectivity index (χ0v) is 15.1. The lowest BCUT2D eigenvalue weighted by Gasteiger charge is -2.37. The molecule has 118 valence electrons. The molecule has 21 heavy (non-hydrogen) atoms. The predicted octanol–water partition coefficient (Wildman–Crippen LogP) is 3.81. The Kier molecular flexibility index (Phi) is 6.08. The van der Waals surface area contributed by atoms with E-state index >= 15 is 0 Å². The van der Waals surface area contributed by atoms with Gasteiger partial charge >= 0.3 is 0 Å². The molecule has 1 heterocycles. The van der Waals surface area contributed by atoms with Gasteiger partial charge in [0.1, 0.15) is 0 Å². The lowest BCUT2D eigenvalue weighted by Crippen LogP contribution is -2.43. The maximum Gasteiger partial charge on any atom is 0.0772 e. The molecule has 2 atom stereocenters. The van der Waals surface area contributed by atoms with Crippen molar-refractivity contribution in [2.75, 3.05) is 25.1 Å². The number of rotatable bonds is 5. The van der Waals surface area contributed by atoms with Crippen LogP contribution >= 0.6 is 15.9 Å². The van der Waals surface area contributed by atoms with Gasteiger partial charge < -0.3 is 15.0 Å². The second kappa shape index (κ2) is 7.61. The highest BCUT2D eigenvalue weighted by molar-refractivity contribution is 9.10. The van der Waals surface area contributed by atoms with Gasteiger partial charge in [0, 0.05) is 42.9 Å². The maximum atomic E-state index is 5.61. The van der Waals surface area contributed by atoms with Crippen LogP contribution in [-0.4, -0.2) is 32.3 Å². The van der Waals surface area contributed by atoms with E-state index in [4.69, 9.17) is 4.74 Å². The summed E-state index contributed by atoms with van der Waals surface area (Å²) in [5, 5.41) is 3.46. The zero-order chi connectivity index (χ0) is 15.4. The predicted molar refractivity (Wildman–Crippen MR) is 92.9 cm³/mol. The third kappa shape index (κ3) is 4.44. The molecule has 2 unspecified atom stereocenters. The van der Waals surface area contributed by atoms with Gasteiger partial charge in [-0.3, -0.25) is 0 Å². The zero-order valence-electron chi connectivity index (χ0n) is 13.5. The summed E-state index contributed by atoms with van der Waals surface area (Å²) in [6, 6.07) is 7.18. The van der Waals surface area contributed by atoms with Crippen LogP contribution in [-0.2, 0) is 11.3 Å². The van der Waals surface area contributed by atoms with E-state index in [1.54, 1.807) is 0 Å². The molecule has 1 aliphatic rings. The molecule has 1 fully saturated rings. The fourth-order valence-corrected chi connectivity index (χ4v) is 3.27. The Morgan fingerprint density at radius 3 is 2.81 bits per heavy atom. The normalized spacial score (nSPS) is 22.9. The lowest BCUT2D eigenvalue weighted by atomic mass is 9.95. The highest BCUT2D eigenvalue weighted by atomic mass is 79.9. The fourth-order valence-electron chi connectivity index (χ4n) is 2.77. The summed E-state index contributed by atoms with van der Waals surface area (Å²) >= 11 is 3.71. The topological polar surface area (TPSA) is 24.5 Å². The van der Waals surface area contributed by atoms with E-state index in [0.29, 0.717) is 18.1 Å². The number of benzene rings is 1. The van der Waals surface area contributed by atoms with Crippen molar-refractivity contribution in [3.8, 4) is 0 Å². The van der Waals surface area contributed by atoms with E-state index in [9.17, 15) is 0 Å². The Bertz CT molecular complexity index is 464. The second-order valence-electron chi connectivity index (χ2n) is 6.30. The smallest absolute Gasteiger partial charge is 0.0772 e. The Morgan fingerprint density at radius 1 is 1.43 bits per heavy atom. The van der Waals surface area contributed by atoms with Gasteiger partial charge in [-0.1, -0.05) is 42.8 Å². The molecule has 1 aliphatic heterocycles. The van der Waals surface area contributed by atoms with Crippen LogP contribution in [0.25, 0.3) is 0 Å². The van der Waals surface area contributed by atoms with Gasteiger partial charge in [0.25, 0.3) is 0 Å². The standard InChI is InChI=1S/C17H27BrN2O/c1-12(2)19-10-14-5-6-15(9-16(14)18)20-8-7-13(3)17(11-20)21-4/h5-6,9,12-13,17,19H,7-8,10-11H2,1-4H3. The Hall–Kier alpha value is -0.580. The summed E-state index contributed by atoms with van der Waals surface area (Å²) in [6.45, 7) is 9.60. The second-order valence-corrected chi connectivity index (χ2v) is 7.15. The first-order chi connectivity index (χ1) is 10.0. The first kappa shape index (κ1) is 16.8. The van der Waals surface area contributed by atoms with Crippen LogP contribution in [0.3, 0.4) is 0 Å². The summed E-state index contributed by atoms with van der Waals surface area (Å²) in [7, 11) is 1.82. The molecule has 1 N–H and O–H groups in total. The van der Waals surface area contributed by atoms with Crippen molar-refractivity contribution < 1.29 is 4.74 Å². The molecule has 1 aromatic carbocycles. The summed E-state index contributed by atoms with van der Waals surface area (Å²) in [4.78, 5) is 2.43. The number of hydrogen-bond donors (Lipinski definition) is 1. The quantitative estimate of drug-likeness (QED) is 0.869. The molecule has 4 heteroatoms. The third-order valence-electron chi connectivity index (χ3n) is 4.29. The van der Waals surface area contributed by atoms with E-state index in [1.165, 1.54) is 22.1 Å². The van der Waals surface area contributed by atoms with Crippen molar-refractivity contribution in [3.05, 3.63) is 28.2 Å². The van der Waals surface area contributed by atoms with Gasteiger partial charge in [0.15, 0.2) is 0 Å². The molecule has 0 spiro atoms. The van der Waals surface area contributed by atoms with Crippen LogP contribution in [0.5, 0.6) is 0 Å². The van der Waals surface area contributed by atoms with Crippen LogP contribution in [0.15, 0.2) is 22.7 Å². The molecular weight excluding hydrogens is 328 g/mol. The molecule has 0 bridgehead atoms. The number of anilines is 1. The molecular formula is C17H27BrN2O. The van der Waals surface area contributed by atoms with E-state index in [-0.39, 0.29) is 0 Å². The number of ether oxygens (including phenoxy) is 1. The molecule has 0 radical (unpaired) electrons. The van der Waals surface area contributed by atoms with E-state index in [1.807, 2.05) is 7.11 Å². The van der Waals surface area contributed by atoms with Gasteiger partial charge in [-0.05, 0) is 30.0 Å². The number of halogens is 1. The average molecular weight is 355 g/mol. The molecule has 0 aromatic heterocycles. The molecule has 1 saturated heterocycles. The maximum absolute atomic E-state index is 5.61. The van der Waals surface area contributed by atoms with Crippen molar-refractivity contribution >= 4 is 21.6 Å². The van der Waals surface area contributed by atoms with Crippen LogP contribution in [0.4, 0.5) is 5.69 Å². The van der Waals surface area contributed by atoms with Crippen molar-refractivity contribution in [1.29, 1.82) is 0 Å². The van der Waals surface area contributed by atoms with E-state index in [2.05, 4.69) is 65.1 Å². The summed E-state index contributed by atoms with van der Waals surface area (Å²) in [5.41, 5.74) is 2.59. The summed E-state index contributed by atoms with van der Waals surface area (Å²) in [5.74, 6) is 0.643. The Labute approximate surface area is 137 Å².